The molecule has 0 spiro atoms. The van der Waals surface area contributed by atoms with E-state index in [2.05, 4.69) is 31.7 Å². The van der Waals surface area contributed by atoms with E-state index in [1.807, 2.05) is 13.0 Å². The predicted molar refractivity (Wildman–Crippen MR) is 77.4 cm³/mol. The summed E-state index contributed by atoms with van der Waals surface area (Å²) in [6.45, 7) is 3.61. The van der Waals surface area contributed by atoms with Crippen LogP contribution < -0.4 is 10.6 Å². The number of aryl methyl sites for hydroxylation is 2. The Bertz CT molecular complexity index is 667. The van der Waals surface area contributed by atoms with E-state index in [0.29, 0.717) is 11.4 Å². The van der Waals surface area contributed by atoms with Gasteiger partial charge in [-0.3, -0.25) is 14.9 Å². The van der Waals surface area contributed by atoms with E-state index >= 15 is 0 Å². The van der Waals surface area contributed by atoms with Crippen LogP contribution in [0.5, 0.6) is 0 Å². The smallest absolute Gasteiger partial charge is 0.315 e. The van der Waals surface area contributed by atoms with Gasteiger partial charge in [0.1, 0.15) is 5.76 Å². The van der Waals surface area contributed by atoms with Crippen molar-refractivity contribution in [2.45, 2.75) is 13.8 Å². The first-order chi connectivity index (χ1) is 9.45. The largest absolute Gasteiger partial charge is 0.360 e. The minimum absolute atomic E-state index is 0.202. The van der Waals surface area contributed by atoms with E-state index in [0.717, 1.165) is 10.0 Å². The van der Waals surface area contributed by atoms with Gasteiger partial charge >= 0.3 is 11.8 Å². The Labute approximate surface area is 123 Å². The van der Waals surface area contributed by atoms with Gasteiger partial charge in [-0.1, -0.05) is 27.2 Å². The molecule has 0 aliphatic carbocycles. The van der Waals surface area contributed by atoms with E-state index < -0.39 is 11.8 Å². The molecule has 0 atom stereocenters. The van der Waals surface area contributed by atoms with Crippen molar-refractivity contribution in [1.29, 1.82) is 0 Å². The van der Waals surface area contributed by atoms with Gasteiger partial charge in [-0.2, -0.15) is 0 Å². The van der Waals surface area contributed by atoms with Crippen LogP contribution in [0.15, 0.2) is 33.3 Å². The molecule has 2 aromatic rings. The number of aromatic nitrogens is 1. The van der Waals surface area contributed by atoms with Gasteiger partial charge in [0.15, 0.2) is 5.82 Å². The zero-order valence-electron chi connectivity index (χ0n) is 10.9. The molecule has 0 aliphatic rings. The molecule has 1 heterocycles. The number of nitrogens with one attached hydrogen (secondary N) is 2. The highest BCUT2D eigenvalue weighted by Gasteiger charge is 2.16. The molecule has 104 valence electrons. The summed E-state index contributed by atoms with van der Waals surface area (Å²) >= 11 is 3.36. The molecule has 6 nitrogen and oxygen atoms in total. The first kappa shape index (κ1) is 14.3. The highest BCUT2D eigenvalue weighted by Crippen LogP contribution is 2.20. The SMILES string of the molecule is Cc1cc(NC(=O)C(=O)Nc2ccc(C)c(Br)c2)no1. The molecule has 0 radical (unpaired) electrons. The van der Waals surface area contributed by atoms with Crippen molar-refractivity contribution in [1.82, 2.24) is 5.16 Å². The van der Waals surface area contributed by atoms with Crippen molar-refractivity contribution < 1.29 is 14.1 Å². The summed E-state index contributed by atoms with van der Waals surface area (Å²) in [5.41, 5.74) is 1.56. The van der Waals surface area contributed by atoms with Gasteiger partial charge in [0, 0.05) is 16.2 Å². The van der Waals surface area contributed by atoms with Crippen LogP contribution in [0, 0.1) is 13.8 Å². The maximum atomic E-state index is 11.7. The van der Waals surface area contributed by atoms with Gasteiger partial charge in [0.05, 0.1) is 0 Å². The molecule has 1 aromatic heterocycles. The second-order valence-corrected chi connectivity index (χ2v) is 5.05. The zero-order valence-corrected chi connectivity index (χ0v) is 12.4. The van der Waals surface area contributed by atoms with Crippen molar-refractivity contribution in [2.75, 3.05) is 10.6 Å². The lowest BCUT2D eigenvalue weighted by Crippen LogP contribution is -2.29. The number of anilines is 2. The molecule has 2 N–H and O–H groups in total. The van der Waals surface area contributed by atoms with Crippen LogP contribution in [0.2, 0.25) is 0 Å². The first-order valence-electron chi connectivity index (χ1n) is 5.77. The molecule has 0 aliphatic heterocycles. The molecular weight excluding hydrogens is 326 g/mol. The summed E-state index contributed by atoms with van der Waals surface area (Å²) in [5, 5.41) is 8.42. The third kappa shape index (κ3) is 3.45. The zero-order chi connectivity index (χ0) is 14.7. The number of halogens is 1. The Kier molecular flexibility index (Phi) is 4.19. The summed E-state index contributed by atoms with van der Waals surface area (Å²) in [5.74, 6) is -0.840. The van der Waals surface area contributed by atoms with Crippen molar-refractivity contribution in [3.05, 3.63) is 40.1 Å². The Morgan fingerprint density at radius 2 is 1.85 bits per heavy atom. The Morgan fingerprint density at radius 3 is 2.45 bits per heavy atom. The molecule has 2 rings (SSSR count). The topological polar surface area (TPSA) is 84.2 Å². The molecule has 0 unspecified atom stereocenters. The number of hydrogen-bond donors (Lipinski definition) is 2. The predicted octanol–water partition coefficient (Wildman–Crippen LogP) is 2.63. The number of benzene rings is 1. The fourth-order valence-electron chi connectivity index (χ4n) is 1.46. The van der Waals surface area contributed by atoms with Crippen molar-refractivity contribution in [2.24, 2.45) is 0 Å². The molecule has 20 heavy (non-hydrogen) atoms. The average molecular weight is 338 g/mol. The summed E-state index contributed by atoms with van der Waals surface area (Å²) in [6, 6.07) is 6.79. The van der Waals surface area contributed by atoms with Crippen molar-refractivity contribution >= 4 is 39.2 Å². The van der Waals surface area contributed by atoms with Crippen molar-refractivity contribution in [3.8, 4) is 0 Å². The van der Waals surface area contributed by atoms with E-state index in [1.54, 1.807) is 19.1 Å². The van der Waals surface area contributed by atoms with E-state index in [4.69, 9.17) is 4.52 Å². The lowest BCUT2D eigenvalue weighted by Gasteiger charge is -2.06. The maximum absolute atomic E-state index is 11.7. The normalized spacial score (nSPS) is 10.2. The number of carbonyl (C=O) groups excluding carboxylic acids is 2. The van der Waals surface area contributed by atoms with Crippen LogP contribution >= 0.6 is 15.9 Å². The molecule has 1 aromatic carbocycles. The highest BCUT2D eigenvalue weighted by atomic mass is 79.9. The van der Waals surface area contributed by atoms with Gasteiger partial charge < -0.3 is 9.84 Å². The number of amides is 2. The van der Waals surface area contributed by atoms with Crippen LogP contribution in [-0.4, -0.2) is 17.0 Å². The molecule has 0 fully saturated rings. The first-order valence-corrected chi connectivity index (χ1v) is 6.57. The molecule has 0 bridgehead atoms. The average Bonchev–Trinajstić information content (AvgIpc) is 2.79. The Balaban J connectivity index is 2.00. The standard InChI is InChI=1S/C13H12BrN3O3/c1-7-3-4-9(6-10(7)14)15-12(18)13(19)16-11-5-8(2)20-17-11/h3-6H,1-2H3,(H,15,18)(H,16,17,19). The highest BCUT2D eigenvalue weighted by molar-refractivity contribution is 9.10. The fraction of sp³-hybridized carbons (Fsp3) is 0.154. The Hall–Kier alpha value is -2.15. The maximum Gasteiger partial charge on any atom is 0.315 e. The van der Waals surface area contributed by atoms with E-state index in [1.165, 1.54) is 6.07 Å². The lowest BCUT2D eigenvalue weighted by atomic mass is 10.2. The second-order valence-electron chi connectivity index (χ2n) is 4.20. The molecular formula is C13H12BrN3O3. The van der Waals surface area contributed by atoms with Crippen LogP contribution in [0.1, 0.15) is 11.3 Å². The van der Waals surface area contributed by atoms with Gasteiger partial charge in [-0.05, 0) is 31.5 Å². The Morgan fingerprint density at radius 1 is 1.15 bits per heavy atom. The second kappa shape index (κ2) is 5.87. The molecule has 2 amide bonds. The third-order valence-corrected chi connectivity index (χ3v) is 3.36. The fourth-order valence-corrected chi connectivity index (χ4v) is 1.84. The van der Waals surface area contributed by atoms with E-state index in [9.17, 15) is 9.59 Å². The van der Waals surface area contributed by atoms with Crippen LogP contribution in [0.4, 0.5) is 11.5 Å². The minimum atomic E-state index is -0.810. The van der Waals surface area contributed by atoms with Gasteiger partial charge in [0.2, 0.25) is 0 Å². The number of nitrogens with zero attached hydrogens (tertiary/aromatic N) is 1. The van der Waals surface area contributed by atoms with Crippen molar-refractivity contribution in [3.63, 3.8) is 0 Å². The molecule has 7 heteroatoms. The summed E-state index contributed by atoms with van der Waals surface area (Å²) < 4.78 is 5.64. The summed E-state index contributed by atoms with van der Waals surface area (Å²) in [4.78, 5) is 23.4. The van der Waals surface area contributed by atoms with Gasteiger partial charge in [-0.15, -0.1) is 0 Å². The quantitative estimate of drug-likeness (QED) is 0.825. The van der Waals surface area contributed by atoms with Gasteiger partial charge in [0.25, 0.3) is 0 Å². The summed E-state index contributed by atoms with van der Waals surface area (Å²) in [7, 11) is 0. The number of hydrogen-bond acceptors (Lipinski definition) is 4. The van der Waals surface area contributed by atoms with Crippen LogP contribution in [-0.2, 0) is 9.59 Å². The minimum Gasteiger partial charge on any atom is -0.360 e. The monoisotopic (exact) mass is 337 g/mol. The molecule has 0 saturated heterocycles. The number of carbonyl (C=O) groups is 2. The van der Waals surface area contributed by atoms with E-state index in [-0.39, 0.29) is 5.82 Å². The lowest BCUT2D eigenvalue weighted by molar-refractivity contribution is -0.133. The third-order valence-electron chi connectivity index (χ3n) is 2.51. The molecule has 0 saturated carbocycles. The van der Waals surface area contributed by atoms with Crippen LogP contribution in [0.25, 0.3) is 0 Å². The van der Waals surface area contributed by atoms with Gasteiger partial charge in [-0.25, -0.2) is 0 Å². The summed E-state index contributed by atoms with van der Waals surface area (Å²) in [6.07, 6.45) is 0. The number of rotatable bonds is 2. The van der Waals surface area contributed by atoms with Crippen LogP contribution in [0.3, 0.4) is 0 Å².